The van der Waals surface area contributed by atoms with Crippen molar-refractivity contribution in [1.82, 2.24) is 0 Å². The minimum atomic E-state index is 0.536. The summed E-state index contributed by atoms with van der Waals surface area (Å²) in [6.45, 7) is 0. The van der Waals surface area contributed by atoms with Crippen LogP contribution in [0.3, 0.4) is 0 Å². The van der Waals surface area contributed by atoms with Gasteiger partial charge >= 0.3 is 0 Å². The highest BCUT2D eigenvalue weighted by atomic mass is 35.5. The summed E-state index contributed by atoms with van der Waals surface area (Å²) in [6.07, 6.45) is 0. The molecule has 0 saturated heterocycles. The number of benzene rings is 2. The summed E-state index contributed by atoms with van der Waals surface area (Å²) < 4.78 is 10.3. The molecule has 0 heterocycles. The van der Waals surface area contributed by atoms with Crippen molar-refractivity contribution in [2.24, 2.45) is 0 Å². The highest BCUT2D eigenvalue weighted by molar-refractivity contribution is 6.32. The Labute approximate surface area is 117 Å². The highest BCUT2D eigenvalue weighted by Gasteiger charge is 2.05. The van der Waals surface area contributed by atoms with Gasteiger partial charge in [-0.05, 0) is 30.3 Å². The van der Waals surface area contributed by atoms with Crippen LogP contribution in [0.15, 0.2) is 36.4 Å². The predicted octanol–water partition coefficient (Wildman–Crippen LogP) is 3.68. The van der Waals surface area contributed by atoms with Gasteiger partial charge in [0.05, 0.1) is 30.6 Å². The molecule has 2 aromatic carbocycles. The van der Waals surface area contributed by atoms with Crippen LogP contribution >= 0.6 is 11.6 Å². The standard InChI is InChI=1S/C14H15ClN2O2/c1-18-10-4-5-12(16)13(8-10)17-9-3-6-14(19-2)11(15)7-9/h3-8,17H,16H2,1-2H3. The van der Waals surface area contributed by atoms with Crippen molar-refractivity contribution in [1.29, 1.82) is 0 Å². The molecule has 0 atom stereocenters. The number of methoxy groups -OCH3 is 2. The quantitative estimate of drug-likeness (QED) is 0.838. The first-order chi connectivity index (χ1) is 9.13. The molecule has 0 saturated carbocycles. The molecule has 100 valence electrons. The summed E-state index contributed by atoms with van der Waals surface area (Å²) in [4.78, 5) is 0. The molecule has 0 aromatic heterocycles. The zero-order valence-electron chi connectivity index (χ0n) is 10.7. The van der Waals surface area contributed by atoms with Crippen molar-refractivity contribution in [2.75, 3.05) is 25.3 Å². The molecule has 0 unspecified atom stereocenters. The van der Waals surface area contributed by atoms with Crippen LogP contribution in [0.2, 0.25) is 5.02 Å². The molecule has 19 heavy (non-hydrogen) atoms. The van der Waals surface area contributed by atoms with Crippen LogP contribution in [0.25, 0.3) is 0 Å². The van der Waals surface area contributed by atoms with Gasteiger partial charge in [-0.3, -0.25) is 0 Å². The van der Waals surface area contributed by atoms with Gasteiger partial charge in [-0.15, -0.1) is 0 Å². The summed E-state index contributed by atoms with van der Waals surface area (Å²) in [5.41, 5.74) is 8.13. The Morgan fingerprint density at radius 2 is 1.84 bits per heavy atom. The minimum Gasteiger partial charge on any atom is -0.497 e. The first-order valence-electron chi connectivity index (χ1n) is 5.68. The lowest BCUT2D eigenvalue weighted by atomic mass is 10.2. The van der Waals surface area contributed by atoms with Crippen molar-refractivity contribution in [2.45, 2.75) is 0 Å². The number of hydrogen-bond acceptors (Lipinski definition) is 4. The van der Waals surface area contributed by atoms with Crippen molar-refractivity contribution < 1.29 is 9.47 Å². The van der Waals surface area contributed by atoms with E-state index in [-0.39, 0.29) is 0 Å². The van der Waals surface area contributed by atoms with E-state index in [1.54, 1.807) is 32.4 Å². The fourth-order valence-electron chi connectivity index (χ4n) is 1.67. The molecule has 0 radical (unpaired) electrons. The first kappa shape index (κ1) is 13.4. The normalized spacial score (nSPS) is 10.1. The number of halogens is 1. The van der Waals surface area contributed by atoms with E-state index in [0.717, 1.165) is 17.1 Å². The molecule has 0 aliphatic carbocycles. The summed E-state index contributed by atoms with van der Waals surface area (Å²) in [5, 5.41) is 3.73. The number of nitrogens with one attached hydrogen (secondary N) is 1. The van der Waals surface area contributed by atoms with Gasteiger partial charge in [0.25, 0.3) is 0 Å². The molecule has 3 N–H and O–H groups in total. The van der Waals surface area contributed by atoms with Crippen LogP contribution < -0.4 is 20.5 Å². The van der Waals surface area contributed by atoms with Crippen LogP contribution in [0.1, 0.15) is 0 Å². The SMILES string of the molecule is COc1ccc(N)c(Nc2ccc(OC)c(Cl)c2)c1. The predicted molar refractivity (Wildman–Crippen MR) is 78.7 cm³/mol. The molecule has 0 amide bonds. The molecule has 2 rings (SSSR count). The first-order valence-corrected chi connectivity index (χ1v) is 6.06. The van der Waals surface area contributed by atoms with Crippen molar-refractivity contribution in [3.05, 3.63) is 41.4 Å². The Morgan fingerprint density at radius 3 is 2.47 bits per heavy atom. The molecule has 2 aromatic rings. The zero-order valence-corrected chi connectivity index (χ0v) is 11.5. The maximum Gasteiger partial charge on any atom is 0.137 e. The van der Waals surface area contributed by atoms with Crippen LogP contribution in [0.5, 0.6) is 11.5 Å². The van der Waals surface area contributed by atoms with Gasteiger partial charge in [0.1, 0.15) is 11.5 Å². The maximum atomic E-state index is 6.07. The summed E-state index contributed by atoms with van der Waals surface area (Å²) in [7, 11) is 3.19. The van der Waals surface area contributed by atoms with E-state index in [1.807, 2.05) is 18.2 Å². The van der Waals surface area contributed by atoms with Gasteiger partial charge in [0, 0.05) is 11.8 Å². The smallest absolute Gasteiger partial charge is 0.137 e. The molecular weight excluding hydrogens is 264 g/mol. The summed E-state index contributed by atoms with van der Waals surface area (Å²) >= 11 is 6.07. The van der Waals surface area contributed by atoms with Gasteiger partial charge in [-0.25, -0.2) is 0 Å². The Bertz CT molecular complexity index is 588. The number of rotatable bonds is 4. The molecule has 0 fully saturated rings. The topological polar surface area (TPSA) is 56.5 Å². The Morgan fingerprint density at radius 1 is 1.05 bits per heavy atom. The van der Waals surface area contributed by atoms with E-state index in [1.165, 1.54) is 0 Å². The molecule has 4 nitrogen and oxygen atoms in total. The lowest BCUT2D eigenvalue weighted by molar-refractivity contribution is 0.415. The van der Waals surface area contributed by atoms with Crippen LogP contribution in [-0.4, -0.2) is 14.2 Å². The molecule has 0 aliphatic rings. The Balaban J connectivity index is 2.28. The van der Waals surface area contributed by atoms with Gasteiger partial charge < -0.3 is 20.5 Å². The number of nitrogens with two attached hydrogens (primary N) is 1. The molecule has 0 bridgehead atoms. The zero-order chi connectivity index (χ0) is 13.8. The molecule has 0 spiro atoms. The fraction of sp³-hybridized carbons (Fsp3) is 0.143. The van der Waals surface area contributed by atoms with E-state index in [4.69, 9.17) is 26.8 Å². The Hall–Kier alpha value is -2.07. The van der Waals surface area contributed by atoms with E-state index in [0.29, 0.717) is 16.5 Å². The van der Waals surface area contributed by atoms with Crippen LogP contribution in [0, 0.1) is 0 Å². The van der Waals surface area contributed by atoms with Crippen LogP contribution in [0.4, 0.5) is 17.1 Å². The number of nitrogen functional groups attached to an aromatic ring is 1. The summed E-state index contributed by atoms with van der Waals surface area (Å²) in [5.74, 6) is 1.36. The highest BCUT2D eigenvalue weighted by Crippen LogP contribution is 2.31. The minimum absolute atomic E-state index is 0.536. The number of hydrogen-bond donors (Lipinski definition) is 2. The lowest BCUT2D eigenvalue weighted by Crippen LogP contribution is -1.97. The van der Waals surface area contributed by atoms with E-state index in [9.17, 15) is 0 Å². The molecular formula is C14H15ClN2O2. The number of anilines is 3. The van der Waals surface area contributed by atoms with Gasteiger partial charge in [-0.2, -0.15) is 0 Å². The largest absolute Gasteiger partial charge is 0.497 e. The second-order valence-electron chi connectivity index (χ2n) is 3.93. The summed E-state index contributed by atoms with van der Waals surface area (Å²) in [6, 6.07) is 10.9. The van der Waals surface area contributed by atoms with Crippen LogP contribution in [-0.2, 0) is 0 Å². The van der Waals surface area contributed by atoms with Gasteiger partial charge in [0.15, 0.2) is 0 Å². The monoisotopic (exact) mass is 278 g/mol. The van der Waals surface area contributed by atoms with Crippen molar-refractivity contribution in [3.8, 4) is 11.5 Å². The van der Waals surface area contributed by atoms with Crippen molar-refractivity contribution in [3.63, 3.8) is 0 Å². The third-order valence-electron chi connectivity index (χ3n) is 2.69. The van der Waals surface area contributed by atoms with Gasteiger partial charge in [0.2, 0.25) is 0 Å². The maximum absolute atomic E-state index is 6.07. The second-order valence-corrected chi connectivity index (χ2v) is 4.33. The Kier molecular flexibility index (Phi) is 4.02. The number of ether oxygens (including phenoxy) is 2. The average molecular weight is 279 g/mol. The fourth-order valence-corrected chi connectivity index (χ4v) is 1.93. The van der Waals surface area contributed by atoms with E-state index >= 15 is 0 Å². The third kappa shape index (κ3) is 3.03. The molecule has 0 aliphatic heterocycles. The van der Waals surface area contributed by atoms with E-state index < -0.39 is 0 Å². The molecule has 5 heteroatoms. The third-order valence-corrected chi connectivity index (χ3v) is 2.99. The van der Waals surface area contributed by atoms with E-state index in [2.05, 4.69) is 5.32 Å². The van der Waals surface area contributed by atoms with Gasteiger partial charge in [-0.1, -0.05) is 11.6 Å². The average Bonchev–Trinajstić information content (AvgIpc) is 2.41. The lowest BCUT2D eigenvalue weighted by Gasteiger charge is -2.12. The second kappa shape index (κ2) is 5.71. The van der Waals surface area contributed by atoms with Crippen molar-refractivity contribution >= 4 is 28.7 Å².